The molecule has 4 saturated heterocycles. The Kier molecular flexibility index (Phi) is 5.36. The number of rotatable bonds is 6. The Morgan fingerprint density at radius 1 is 1.04 bits per heavy atom. The molecule has 0 amide bonds. The van der Waals surface area contributed by atoms with Crippen LogP contribution in [0.2, 0.25) is 0 Å². The van der Waals surface area contributed by atoms with Crippen LogP contribution in [0.25, 0.3) is 0 Å². The number of ether oxygens (including phenoxy) is 3. The van der Waals surface area contributed by atoms with Crippen LogP contribution in [-0.2, 0) is 24.0 Å². The van der Waals surface area contributed by atoms with E-state index in [0.717, 1.165) is 38.5 Å². The second-order valence-electron chi connectivity index (χ2n) is 8.93. The average Bonchev–Trinajstić information content (AvgIpc) is 2.85. The third-order valence-corrected chi connectivity index (χ3v) is 7.18. The van der Waals surface area contributed by atoms with Gasteiger partial charge in [-0.15, -0.1) is 0 Å². The lowest BCUT2D eigenvalue weighted by atomic mass is 9.58. The van der Waals surface area contributed by atoms with Crippen LogP contribution in [0.4, 0.5) is 0 Å². The lowest BCUT2D eigenvalue weighted by Gasteiger charge is -2.60. The van der Waals surface area contributed by atoms with Gasteiger partial charge in [0.25, 0.3) is 0 Å². The normalized spacial score (nSPS) is 50.3. The second kappa shape index (κ2) is 7.30. The van der Waals surface area contributed by atoms with Crippen LogP contribution in [-0.4, -0.2) is 42.3 Å². The Balaban J connectivity index is 1.53. The van der Waals surface area contributed by atoms with Crippen molar-refractivity contribution in [1.82, 2.24) is 0 Å². The molecule has 0 radical (unpaired) electrons. The van der Waals surface area contributed by atoms with Gasteiger partial charge in [0.2, 0.25) is 5.79 Å². The van der Waals surface area contributed by atoms with Crippen molar-refractivity contribution in [3.05, 3.63) is 0 Å². The zero-order valence-electron chi connectivity index (χ0n) is 16.3. The highest BCUT2D eigenvalue weighted by molar-refractivity contribution is 5.09. The van der Waals surface area contributed by atoms with Gasteiger partial charge in [0.05, 0.1) is 0 Å². The van der Waals surface area contributed by atoms with Crippen LogP contribution in [0, 0.1) is 23.7 Å². The molecule has 1 saturated carbocycles. The summed E-state index contributed by atoms with van der Waals surface area (Å²) in [6.07, 6.45) is 6.20. The molecule has 6 heteroatoms. The van der Waals surface area contributed by atoms with Gasteiger partial charge in [-0.3, -0.25) is 0 Å². The van der Waals surface area contributed by atoms with Gasteiger partial charge in [-0.05, 0) is 57.3 Å². The van der Waals surface area contributed by atoms with E-state index in [9.17, 15) is 0 Å². The molecule has 4 aliphatic heterocycles. The van der Waals surface area contributed by atoms with Crippen molar-refractivity contribution >= 4 is 0 Å². The molecule has 0 aromatic carbocycles. The molecule has 26 heavy (non-hydrogen) atoms. The van der Waals surface area contributed by atoms with Crippen molar-refractivity contribution in [2.45, 2.75) is 89.7 Å². The molecule has 0 aromatic rings. The quantitative estimate of drug-likeness (QED) is 0.571. The van der Waals surface area contributed by atoms with Gasteiger partial charge < -0.3 is 19.3 Å². The largest absolute Gasteiger partial charge is 0.396 e. The summed E-state index contributed by atoms with van der Waals surface area (Å²) in [6, 6.07) is 0. The van der Waals surface area contributed by atoms with Crippen LogP contribution in [0.3, 0.4) is 0 Å². The van der Waals surface area contributed by atoms with E-state index in [1.165, 1.54) is 6.42 Å². The number of fused-ring (bicyclic) bond motifs is 2. The fourth-order valence-electron chi connectivity index (χ4n) is 5.65. The summed E-state index contributed by atoms with van der Waals surface area (Å²) in [6.45, 7) is 7.37. The van der Waals surface area contributed by atoms with Gasteiger partial charge in [-0.25, -0.2) is 9.78 Å². The van der Waals surface area contributed by atoms with Crippen molar-refractivity contribution in [3.8, 4) is 0 Å². The Morgan fingerprint density at radius 2 is 1.88 bits per heavy atom. The van der Waals surface area contributed by atoms with E-state index >= 15 is 0 Å². The van der Waals surface area contributed by atoms with E-state index in [1.54, 1.807) is 0 Å². The molecule has 1 N–H and O–H groups in total. The number of unbranched alkanes of at least 4 members (excludes halogenated alkanes) is 2. The van der Waals surface area contributed by atoms with Crippen LogP contribution < -0.4 is 0 Å². The smallest absolute Gasteiger partial charge is 0.201 e. The Hall–Kier alpha value is -0.240. The summed E-state index contributed by atoms with van der Waals surface area (Å²) >= 11 is 0. The predicted octanol–water partition coefficient (Wildman–Crippen LogP) is 3.37. The van der Waals surface area contributed by atoms with Crippen molar-refractivity contribution in [2.24, 2.45) is 23.7 Å². The van der Waals surface area contributed by atoms with E-state index in [-0.39, 0.29) is 18.8 Å². The maximum atomic E-state index is 8.91. The maximum Gasteiger partial charge on any atom is 0.201 e. The van der Waals surface area contributed by atoms with E-state index in [2.05, 4.69) is 13.8 Å². The minimum absolute atomic E-state index is 0.230. The van der Waals surface area contributed by atoms with Crippen molar-refractivity contribution in [1.29, 1.82) is 0 Å². The van der Waals surface area contributed by atoms with Crippen LogP contribution in [0.1, 0.15) is 65.7 Å². The maximum absolute atomic E-state index is 8.91. The standard InChI is InChI=1S/C20H34O6/c1-13-7-8-16-14(2)17(22-12-6-4-5-11-21)23-18-20(16)15(13)9-10-19(3,24-18)25-26-20/h13-18,21H,4-12H2,1-3H3/t13-,14-,15+,16+,17-,18-,19+,20-/m1/s1. The van der Waals surface area contributed by atoms with Crippen molar-refractivity contribution < 1.29 is 29.1 Å². The Bertz CT molecular complexity index is 501. The predicted molar refractivity (Wildman–Crippen MR) is 93.7 cm³/mol. The van der Waals surface area contributed by atoms with E-state index < -0.39 is 17.7 Å². The van der Waals surface area contributed by atoms with Crippen LogP contribution in [0.15, 0.2) is 0 Å². The first-order valence-electron chi connectivity index (χ1n) is 10.4. The first-order chi connectivity index (χ1) is 12.5. The van der Waals surface area contributed by atoms with E-state index in [1.807, 2.05) is 6.92 Å². The molecular formula is C20H34O6. The van der Waals surface area contributed by atoms with Gasteiger partial charge in [0, 0.05) is 31.5 Å². The topological polar surface area (TPSA) is 66.4 Å². The molecule has 6 nitrogen and oxygen atoms in total. The molecule has 5 aliphatic rings. The number of hydrogen-bond donors (Lipinski definition) is 1. The Labute approximate surface area is 156 Å². The van der Waals surface area contributed by atoms with Gasteiger partial charge in [0.1, 0.15) is 0 Å². The third kappa shape index (κ3) is 3.03. The molecule has 8 atom stereocenters. The molecular weight excluding hydrogens is 336 g/mol. The highest BCUT2D eigenvalue weighted by atomic mass is 17.3. The van der Waals surface area contributed by atoms with Gasteiger partial charge in [-0.1, -0.05) is 13.8 Å². The summed E-state index contributed by atoms with van der Waals surface area (Å²) in [4.78, 5) is 12.0. The zero-order valence-corrected chi connectivity index (χ0v) is 16.3. The van der Waals surface area contributed by atoms with E-state index in [0.29, 0.717) is 24.4 Å². The minimum Gasteiger partial charge on any atom is -0.396 e. The lowest BCUT2D eigenvalue weighted by molar-refractivity contribution is -0.577. The molecule has 1 aliphatic carbocycles. The second-order valence-corrected chi connectivity index (χ2v) is 8.93. The van der Waals surface area contributed by atoms with Crippen molar-refractivity contribution in [3.63, 3.8) is 0 Å². The van der Waals surface area contributed by atoms with Crippen molar-refractivity contribution in [2.75, 3.05) is 13.2 Å². The third-order valence-electron chi connectivity index (χ3n) is 7.18. The molecule has 4 heterocycles. The monoisotopic (exact) mass is 370 g/mol. The molecule has 2 bridgehead atoms. The average molecular weight is 370 g/mol. The fourth-order valence-corrected chi connectivity index (χ4v) is 5.65. The molecule has 5 rings (SSSR count). The number of hydrogen-bond acceptors (Lipinski definition) is 6. The first-order valence-corrected chi connectivity index (χ1v) is 10.4. The van der Waals surface area contributed by atoms with Crippen LogP contribution in [0.5, 0.6) is 0 Å². The Morgan fingerprint density at radius 3 is 2.69 bits per heavy atom. The number of aliphatic hydroxyl groups is 1. The first kappa shape index (κ1) is 19.1. The summed E-state index contributed by atoms with van der Waals surface area (Å²) in [5.41, 5.74) is -0.510. The van der Waals surface area contributed by atoms with Gasteiger partial charge in [-0.2, -0.15) is 0 Å². The highest BCUT2D eigenvalue weighted by Crippen LogP contribution is 2.60. The molecule has 1 spiro atoms. The summed E-state index contributed by atoms with van der Waals surface area (Å²) in [5.74, 6) is 0.780. The molecule has 150 valence electrons. The van der Waals surface area contributed by atoms with Gasteiger partial charge >= 0.3 is 0 Å². The highest BCUT2D eigenvalue weighted by Gasteiger charge is 2.69. The summed E-state index contributed by atoms with van der Waals surface area (Å²) in [7, 11) is 0. The summed E-state index contributed by atoms with van der Waals surface area (Å²) in [5, 5.41) is 8.91. The number of aliphatic hydroxyl groups excluding tert-OH is 1. The van der Waals surface area contributed by atoms with Crippen LogP contribution >= 0.6 is 0 Å². The SMILES string of the molecule is C[C@H]1[C@H](OCCCCCO)O[C@@H]2O[C@]3(C)CC[C@H]4[C@H](C)CC[C@@H]1[C@@]24OO3. The zero-order chi connectivity index (χ0) is 18.4. The minimum atomic E-state index is -0.732. The molecule has 0 unspecified atom stereocenters. The fraction of sp³-hybridized carbons (Fsp3) is 1.00. The molecule has 5 fully saturated rings. The van der Waals surface area contributed by atoms with E-state index in [4.69, 9.17) is 29.1 Å². The summed E-state index contributed by atoms with van der Waals surface area (Å²) < 4.78 is 18.8. The van der Waals surface area contributed by atoms with Gasteiger partial charge in [0.15, 0.2) is 18.2 Å². The lowest BCUT2D eigenvalue weighted by Crippen LogP contribution is -2.70. The molecule has 0 aromatic heterocycles.